The number of rotatable bonds is 4. The molecule has 20 heavy (non-hydrogen) atoms. The van der Waals surface area contributed by atoms with Crippen molar-refractivity contribution in [1.29, 1.82) is 0 Å². The van der Waals surface area contributed by atoms with Crippen LogP contribution >= 0.6 is 0 Å². The molecule has 0 bridgehead atoms. The van der Waals surface area contributed by atoms with Gasteiger partial charge in [0, 0.05) is 6.54 Å². The molecule has 1 fully saturated rings. The first kappa shape index (κ1) is 15.0. The van der Waals surface area contributed by atoms with Crippen molar-refractivity contribution in [1.82, 2.24) is 4.90 Å². The fourth-order valence-electron chi connectivity index (χ4n) is 2.70. The second-order valence-electron chi connectivity index (χ2n) is 6.06. The van der Waals surface area contributed by atoms with Crippen molar-refractivity contribution in [3.8, 4) is 0 Å². The van der Waals surface area contributed by atoms with Crippen molar-refractivity contribution < 1.29 is 14.3 Å². The smallest absolute Gasteiger partial charge is 0.338 e. The lowest BCUT2D eigenvalue weighted by atomic mass is 9.78. The molecule has 110 valence electrons. The van der Waals surface area contributed by atoms with Crippen LogP contribution in [0.1, 0.15) is 49.0 Å². The number of benzene rings is 1. The van der Waals surface area contributed by atoms with Crippen LogP contribution in [0.25, 0.3) is 0 Å². The Morgan fingerprint density at radius 2 is 2.05 bits per heavy atom. The number of piperidine rings is 1. The summed E-state index contributed by atoms with van der Waals surface area (Å²) in [5.41, 5.74) is 1.06. The van der Waals surface area contributed by atoms with E-state index in [1.54, 1.807) is 6.07 Å². The van der Waals surface area contributed by atoms with Crippen LogP contribution in [-0.4, -0.2) is 29.1 Å². The standard InChI is InChI=1S/C16H22FNO2/c1-3-16(2)6-8-18(9-7-16)11-12-4-5-14(17)13(10-12)15(19)20/h4-5,10H,3,6-9,11H2,1-2H3,(H,19,20). The van der Waals surface area contributed by atoms with E-state index in [2.05, 4.69) is 18.7 Å². The number of carboxylic acid groups (broad SMARTS) is 1. The van der Waals surface area contributed by atoms with Gasteiger partial charge in [0.05, 0.1) is 5.56 Å². The summed E-state index contributed by atoms with van der Waals surface area (Å²) in [6.07, 6.45) is 3.52. The molecule has 1 heterocycles. The van der Waals surface area contributed by atoms with Gasteiger partial charge in [-0.1, -0.05) is 26.3 Å². The number of hydrogen-bond donors (Lipinski definition) is 1. The Morgan fingerprint density at radius 3 is 2.60 bits per heavy atom. The average Bonchev–Trinajstić information content (AvgIpc) is 2.43. The lowest BCUT2D eigenvalue weighted by Crippen LogP contribution is -2.37. The molecule has 1 aliphatic rings. The van der Waals surface area contributed by atoms with Gasteiger partial charge in [0.25, 0.3) is 0 Å². The summed E-state index contributed by atoms with van der Waals surface area (Å²) in [4.78, 5) is 13.3. The largest absolute Gasteiger partial charge is 0.478 e. The highest BCUT2D eigenvalue weighted by Crippen LogP contribution is 2.34. The van der Waals surface area contributed by atoms with E-state index in [0.717, 1.165) is 31.5 Å². The van der Waals surface area contributed by atoms with E-state index in [0.29, 0.717) is 12.0 Å². The van der Waals surface area contributed by atoms with Crippen molar-refractivity contribution in [2.75, 3.05) is 13.1 Å². The first-order valence-corrected chi connectivity index (χ1v) is 7.17. The van der Waals surface area contributed by atoms with Crippen molar-refractivity contribution in [2.45, 2.75) is 39.7 Å². The number of aromatic carboxylic acids is 1. The molecule has 0 spiro atoms. The molecule has 4 heteroatoms. The highest BCUT2D eigenvalue weighted by molar-refractivity contribution is 5.88. The van der Waals surface area contributed by atoms with Crippen LogP contribution in [0.5, 0.6) is 0 Å². The normalized spacial score (nSPS) is 18.9. The third kappa shape index (κ3) is 3.37. The molecule has 1 aromatic rings. The van der Waals surface area contributed by atoms with Gasteiger partial charge in [0.1, 0.15) is 5.82 Å². The topological polar surface area (TPSA) is 40.5 Å². The Morgan fingerprint density at radius 1 is 1.40 bits per heavy atom. The maximum absolute atomic E-state index is 13.4. The zero-order valence-corrected chi connectivity index (χ0v) is 12.2. The molecule has 2 rings (SSSR count). The summed E-state index contributed by atoms with van der Waals surface area (Å²) in [5, 5.41) is 8.94. The molecule has 1 saturated heterocycles. The molecule has 0 radical (unpaired) electrons. The number of halogens is 1. The first-order chi connectivity index (χ1) is 9.43. The van der Waals surface area contributed by atoms with Gasteiger partial charge in [-0.05, 0) is 49.0 Å². The lowest BCUT2D eigenvalue weighted by molar-refractivity contribution is 0.0691. The van der Waals surface area contributed by atoms with Gasteiger partial charge in [0.15, 0.2) is 0 Å². The van der Waals surface area contributed by atoms with Crippen molar-refractivity contribution in [2.24, 2.45) is 5.41 Å². The summed E-state index contributed by atoms with van der Waals surface area (Å²) in [6, 6.07) is 4.37. The van der Waals surface area contributed by atoms with Crippen LogP contribution in [0.15, 0.2) is 18.2 Å². The second kappa shape index (κ2) is 5.92. The maximum Gasteiger partial charge on any atom is 0.338 e. The minimum absolute atomic E-state index is 0.238. The molecular formula is C16H22FNO2. The van der Waals surface area contributed by atoms with E-state index >= 15 is 0 Å². The van der Waals surface area contributed by atoms with Crippen molar-refractivity contribution >= 4 is 5.97 Å². The predicted molar refractivity (Wildman–Crippen MR) is 76.3 cm³/mol. The van der Waals surface area contributed by atoms with Gasteiger partial charge in [-0.2, -0.15) is 0 Å². The van der Waals surface area contributed by atoms with Crippen LogP contribution in [0.4, 0.5) is 4.39 Å². The summed E-state index contributed by atoms with van der Waals surface area (Å²) in [6.45, 7) is 7.29. The maximum atomic E-state index is 13.4. The van der Waals surface area contributed by atoms with Crippen LogP contribution in [0, 0.1) is 11.2 Å². The quantitative estimate of drug-likeness (QED) is 0.916. The van der Waals surface area contributed by atoms with E-state index in [1.165, 1.54) is 18.6 Å². The van der Waals surface area contributed by atoms with E-state index in [-0.39, 0.29) is 5.56 Å². The first-order valence-electron chi connectivity index (χ1n) is 7.17. The molecule has 3 nitrogen and oxygen atoms in total. The van der Waals surface area contributed by atoms with E-state index in [1.807, 2.05) is 0 Å². The fourth-order valence-corrected chi connectivity index (χ4v) is 2.70. The molecule has 1 aliphatic heterocycles. The van der Waals surface area contributed by atoms with Crippen LogP contribution in [-0.2, 0) is 6.54 Å². The molecule has 0 aromatic heterocycles. The molecule has 0 aliphatic carbocycles. The summed E-state index contributed by atoms with van der Waals surface area (Å²) < 4.78 is 13.4. The van der Waals surface area contributed by atoms with E-state index < -0.39 is 11.8 Å². The fraction of sp³-hybridized carbons (Fsp3) is 0.562. The molecule has 0 saturated carbocycles. The highest BCUT2D eigenvalue weighted by Gasteiger charge is 2.28. The van der Waals surface area contributed by atoms with E-state index in [9.17, 15) is 9.18 Å². The third-order valence-electron chi connectivity index (χ3n) is 4.58. The molecule has 1 N–H and O–H groups in total. The van der Waals surface area contributed by atoms with Gasteiger partial charge >= 0.3 is 5.97 Å². The molecule has 0 atom stereocenters. The molecule has 0 amide bonds. The molecule has 0 unspecified atom stereocenters. The lowest BCUT2D eigenvalue weighted by Gasteiger charge is -2.39. The van der Waals surface area contributed by atoms with Crippen molar-refractivity contribution in [3.63, 3.8) is 0 Å². The number of nitrogens with zero attached hydrogens (tertiary/aromatic N) is 1. The van der Waals surface area contributed by atoms with Gasteiger partial charge < -0.3 is 5.11 Å². The Labute approximate surface area is 119 Å². The van der Waals surface area contributed by atoms with Crippen molar-refractivity contribution in [3.05, 3.63) is 35.1 Å². The summed E-state index contributed by atoms with van der Waals surface area (Å²) in [5.74, 6) is -1.87. The Hall–Kier alpha value is -1.42. The third-order valence-corrected chi connectivity index (χ3v) is 4.58. The average molecular weight is 279 g/mol. The molecule has 1 aromatic carbocycles. The number of carboxylic acids is 1. The zero-order valence-electron chi connectivity index (χ0n) is 12.2. The SMILES string of the molecule is CCC1(C)CCN(Cc2ccc(F)c(C(=O)O)c2)CC1. The summed E-state index contributed by atoms with van der Waals surface area (Å²) >= 11 is 0. The van der Waals surface area contributed by atoms with Crippen LogP contribution < -0.4 is 0 Å². The number of likely N-dealkylation sites (tertiary alicyclic amines) is 1. The zero-order chi connectivity index (χ0) is 14.8. The molecular weight excluding hydrogens is 257 g/mol. The van der Waals surface area contributed by atoms with Gasteiger partial charge in [0.2, 0.25) is 0 Å². The van der Waals surface area contributed by atoms with Gasteiger partial charge in [-0.25, -0.2) is 9.18 Å². The Kier molecular flexibility index (Phi) is 4.43. The van der Waals surface area contributed by atoms with E-state index in [4.69, 9.17) is 5.11 Å². The highest BCUT2D eigenvalue weighted by atomic mass is 19.1. The minimum atomic E-state index is -1.21. The second-order valence-corrected chi connectivity index (χ2v) is 6.06. The Balaban J connectivity index is 2.01. The minimum Gasteiger partial charge on any atom is -0.478 e. The summed E-state index contributed by atoms with van der Waals surface area (Å²) in [7, 11) is 0. The monoisotopic (exact) mass is 279 g/mol. The van der Waals surface area contributed by atoms with Crippen LogP contribution in [0.2, 0.25) is 0 Å². The Bertz CT molecular complexity index is 493. The predicted octanol–water partition coefficient (Wildman–Crippen LogP) is 3.54. The number of carbonyl (C=O) groups is 1. The number of hydrogen-bond acceptors (Lipinski definition) is 2. The van der Waals surface area contributed by atoms with Gasteiger partial charge in [-0.15, -0.1) is 0 Å². The van der Waals surface area contributed by atoms with Gasteiger partial charge in [-0.3, -0.25) is 4.90 Å². The van der Waals surface area contributed by atoms with Crippen LogP contribution in [0.3, 0.4) is 0 Å².